The largest absolute Gasteiger partial charge is 0.458 e. The summed E-state index contributed by atoms with van der Waals surface area (Å²) in [5.74, 6) is -1.64. The molecule has 0 unspecified atom stereocenters. The van der Waals surface area contributed by atoms with E-state index in [1.165, 1.54) is 6.08 Å². The molecule has 148 valence electrons. The number of carbonyl (C=O) groups is 2. The zero-order chi connectivity index (χ0) is 19.8. The van der Waals surface area contributed by atoms with Crippen LogP contribution in [0.2, 0.25) is 0 Å². The maximum Gasteiger partial charge on any atom is 0.334 e. The lowest BCUT2D eigenvalue weighted by molar-refractivity contribution is -0.148. The van der Waals surface area contributed by atoms with Crippen LogP contribution in [0.25, 0.3) is 0 Å². The number of hydrogen-bond donors (Lipinski definition) is 2. The first-order valence-corrected chi connectivity index (χ1v) is 9.15. The van der Waals surface area contributed by atoms with Crippen LogP contribution < -0.4 is 0 Å². The molecular weight excluding hydrogens is 352 g/mol. The lowest BCUT2D eigenvalue weighted by Crippen LogP contribution is -2.39. The number of ether oxygens (including phenoxy) is 3. The highest BCUT2D eigenvalue weighted by molar-refractivity contribution is 5.91. The predicted octanol–water partition coefficient (Wildman–Crippen LogP) is 1.19. The summed E-state index contributed by atoms with van der Waals surface area (Å²) >= 11 is 0. The van der Waals surface area contributed by atoms with Crippen molar-refractivity contribution in [2.75, 3.05) is 13.2 Å². The molecule has 0 aromatic carbocycles. The minimum absolute atomic E-state index is 0.166. The van der Waals surface area contributed by atoms with Crippen molar-refractivity contribution < 1.29 is 34.0 Å². The number of carbonyl (C=O) groups excluding carboxylic acids is 2. The molecule has 2 N–H and O–H groups in total. The van der Waals surface area contributed by atoms with Crippen LogP contribution >= 0.6 is 0 Å². The van der Waals surface area contributed by atoms with Gasteiger partial charge in [-0.3, -0.25) is 0 Å². The number of epoxide rings is 1. The van der Waals surface area contributed by atoms with Gasteiger partial charge in [-0.05, 0) is 32.8 Å². The van der Waals surface area contributed by atoms with Gasteiger partial charge in [0, 0.05) is 17.6 Å². The summed E-state index contributed by atoms with van der Waals surface area (Å²) in [6.45, 7) is 6.92. The summed E-state index contributed by atoms with van der Waals surface area (Å²) in [7, 11) is 0. The summed E-state index contributed by atoms with van der Waals surface area (Å²) in [5.41, 5.74) is 0.812. The lowest BCUT2D eigenvalue weighted by Gasteiger charge is -2.28. The van der Waals surface area contributed by atoms with Gasteiger partial charge in [0.2, 0.25) is 0 Å². The molecule has 0 aromatic rings. The van der Waals surface area contributed by atoms with E-state index in [-0.39, 0.29) is 24.4 Å². The second kappa shape index (κ2) is 7.58. The van der Waals surface area contributed by atoms with Crippen molar-refractivity contribution in [2.24, 2.45) is 5.92 Å². The first-order valence-electron chi connectivity index (χ1n) is 9.15. The first-order chi connectivity index (χ1) is 12.8. The number of fused-ring (bicyclic) bond motifs is 3. The highest BCUT2D eigenvalue weighted by atomic mass is 16.7. The lowest BCUT2D eigenvalue weighted by atomic mass is 9.81. The molecule has 2 heterocycles. The molecule has 3 rings (SSSR count). The van der Waals surface area contributed by atoms with E-state index >= 15 is 0 Å². The van der Waals surface area contributed by atoms with Gasteiger partial charge in [-0.2, -0.15) is 0 Å². The van der Waals surface area contributed by atoms with Crippen LogP contribution in [0, 0.1) is 5.92 Å². The zero-order valence-electron chi connectivity index (χ0n) is 15.6. The van der Waals surface area contributed by atoms with E-state index in [9.17, 15) is 14.7 Å². The number of rotatable bonds is 4. The molecule has 2 fully saturated rings. The van der Waals surface area contributed by atoms with Crippen molar-refractivity contribution in [3.63, 3.8) is 0 Å². The highest BCUT2D eigenvalue weighted by Gasteiger charge is 2.65. The molecule has 0 amide bonds. The van der Waals surface area contributed by atoms with Gasteiger partial charge in [0.25, 0.3) is 0 Å². The van der Waals surface area contributed by atoms with E-state index in [2.05, 4.69) is 6.58 Å². The number of allylic oxidation sites excluding steroid dienone is 1. The minimum Gasteiger partial charge on any atom is -0.458 e. The summed E-state index contributed by atoms with van der Waals surface area (Å²) in [4.78, 5) is 24.6. The fourth-order valence-corrected chi connectivity index (χ4v) is 3.94. The molecule has 0 spiro atoms. The van der Waals surface area contributed by atoms with E-state index < -0.39 is 41.8 Å². The Morgan fingerprint density at radius 1 is 1.48 bits per heavy atom. The van der Waals surface area contributed by atoms with Gasteiger partial charge < -0.3 is 24.4 Å². The Bertz CT molecular complexity index is 707. The Labute approximate surface area is 158 Å². The van der Waals surface area contributed by atoms with Gasteiger partial charge in [-0.25, -0.2) is 9.59 Å². The van der Waals surface area contributed by atoms with Crippen LogP contribution in [0.3, 0.4) is 0 Å². The van der Waals surface area contributed by atoms with Crippen molar-refractivity contribution in [3.05, 3.63) is 35.5 Å². The van der Waals surface area contributed by atoms with Crippen LogP contribution in [0.15, 0.2) is 35.5 Å². The van der Waals surface area contributed by atoms with Crippen LogP contribution in [0.5, 0.6) is 0 Å². The SMILES string of the molecule is C=C1C(=O)O[C@H]2[C@H]1[C@H](OC(=O)/C(C)=C/CO)C/C(C)=C\CC[C@@]1(CO)O[C@H]21. The van der Waals surface area contributed by atoms with E-state index in [4.69, 9.17) is 19.3 Å². The molecule has 5 atom stereocenters. The van der Waals surface area contributed by atoms with Gasteiger partial charge in [0.05, 0.1) is 19.1 Å². The fraction of sp³-hybridized carbons (Fsp3) is 0.600. The number of esters is 2. The Balaban J connectivity index is 1.93. The fourth-order valence-electron chi connectivity index (χ4n) is 3.94. The van der Waals surface area contributed by atoms with Gasteiger partial charge in [-0.15, -0.1) is 0 Å². The molecule has 1 aliphatic carbocycles. The van der Waals surface area contributed by atoms with Crippen molar-refractivity contribution in [1.82, 2.24) is 0 Å². The van der Waals surface area contributed by atoms with Gasteiger partial charge >= 0.3 is 11.9 Å². The number of hydrogen-bond acceptors (Lipinski definition) is 7. The Morgan fingerprint density at radius 2 is 2.22 bits per heavy atom. The topological polar surface area (TPSA) is 106 Å². The van der Waals surface area contributed by atoms with Gasteiger partial charge in [-0.1, -0.05) is 18.2 Å². The number of aliphatic hydroxyl groups is 2. The van der Waals surface area contributed by atoms with Crippen LogP contribution in [-0.2, 0) is 23.8 Å². The van der Waals surface area contributed by atoms with E-state index in [0.29, 0.717) is 19.3 Å². The Morgan fingerprint density at radius 3 is 2.89 bits per heavy atom. The van der Waals surface area contributed by atoms with Crippen molar-refractivity contribution in [1.29, 1.82) is 0 Å². The third-order valence-corrected chi connectivity index (χ3v) is 5.61. The molecule has 0 aromatic heterocycles. The molecular formula is C20H26O7. The average Bonchev–Trinajstić information content (AvgIpc) is 3.27. The van der Waals surface area contributed by atoms with E-state index in [0.717, 1.165) is 5.57 Å². The maximum absolute atomic E-state index is 12.4. The van der Waals surface area contributed by atoms with Crippen LogP contribution in [0.1, 0.15) is 33.1 Å². The van der Waals surface area contributed by atoms with Crippen LogP contribution in [-0.4, -0.2) is 59.3 Å². The van der Waals surface area contributed by atoms with Crippen LogP contribution in [0.4, 0.5) is 0 Å². The molecule has 3 aliphatic rings. The summed E-state index contributed by atoms with van der Waals surface area (Å²) in [5, 5.41) is 18.8. The monoisotopic (exact) mass is 378 g/mol. The average molecular weight is 378 g/mol. The molecule has 7 heteroatoms. The van der Waals surface area contributed by atoms with Crippen molar-refractivity contribution >= 4 is 11.9 Å². The van der Waals surface area contributed by atoms with E-state index in [1.54, 1.807) is 6.92 Å². The molecule has 0 bridgehead atoms. The minimum atomic E-state index is -0.733. The second-order valence-corrected chi connectivity index (χ2v) is 7.49. The Kier molecular flexibility index (Phi) is 5.55. The molecule has 0 radical (unpaired) electrons. The maximum atomic E-state index is 12.4. The third kappa shape index (κ3) is 3.72. The zero-order valence-corrected chi connectivity index (χ0v) is 15.6. The van der Waals surface area contributed by atoms with Crippen molar-refractivity contribution in [3.8, 4) is 0 Å². The standard InChI is InChI=1S/C20H26O7/c1-11-5-4-7-20(10-22)17(27-20)16-15(13(3)19(24)26-16)14(9-11)25-18(23)12(2)6-8-21/h5-6,14-17,21-22H,3-4,7-10H2,1-2H3/b11-5-,12-6+/t14-,15-,16+,17-,20+/m1/s1. The summed E-state index contributed by atoms with van der Waals surface area (Å²) < 4.78 is 17.0. The quantitative estimate of drug-likeness (QED) is 0.328. The van der Waals surface area contributed by atoms with Gasteiger partial charge in [0.1, 0.15) is 23.9 Å². The smallest absolute Gasteiger partial charge is 0.334 e. The normalized spacial score (nSPS) is 38.2. The molecule has 2 aliphatic heterocycles. The van der Waals surface area contributed by atoms with E-state index in [1.807, 2.05) is 13.0 Å². The molecule has 2 saturated heterocycles. The van der Waals surface area contributed by atoms with Crippen molar-refractivity contribution in [2.45, 2.75) is 57.0 Å². The predicted molar refractivity (Wildman–Crippen MR) is 95.5 cm³/mol. The Hall–Kier alpha value is -1.96. The highest BCUT2D eigenvalue weighted by Crippen LogP contribution is 2.50. The summed E-state index contributed by atoms with van der Waals surface area (Å²) in [6.07, 6.45) is 3.43. The van der Waals surface area contributed by atoms with Gasteiger partial charge in [0.15, 0.2) is 0 Å². The number of aliphatic hydroxyl groups excluding tert-OH is 2. The summed E-state index contributed by atoms with van der Waals surface area (Å²) in [6, 6.07) is 0. The molecule has 27 heavy (non-hydrogen) atoms. The third-order valence-electron chi connectivity index (χ3n) is 5.61. The first kappa shape index (κ1) is 19.8. The molecule has 7 nitrogen and oxygen atoms in total. The second-order valence-electron chi connectivity index (χ2n) is 7.49. The molecule has 0 saturated carbocycles.